The summed E-state index contributed by atoms with van der Waals surface area (Å²) in [7, 11) is 0. The maximum Gasteiger partial charge on any atom is 0.167 e. The Labute approximate surface area is 272 Å². The van der Waals surface area contributed by atoms with E-state index in [0.29, 0.717) is 13.0 Å². The van der Waals surface area contributed by atoms with Crippen LogP contribution in [-0.4, -0.2) is 29.7 Å². The molecule has 5 unspecified atom stereocenters. The standard InChI is InChI=1S/C39H46O3S2/c1-8-42-37-30(20-26-22-32(28-17-13-10-14-18-28)44-34(24-26)39(5,6)7)35(40)29(36(37)41)19-25-21-31(27-15-11-9-12-16-27)43-33(23-25)38(2,3)4/h9-18,20-25,29-30,35,37,40H,8,19H2,1-7H3. The lowest BCUT2D eigenvalue weighted by Crippen LogP contribution is -2.27. The number of ketones is 1. The van der Waals surface area contributed by atoms with Gasteiger partial charge in [0.05, 0.1) is 6.10 Å². The van der Waals surface area contributed by atoms with Crippen LogP contribution in [0, 0.1) is 28.6 Å². The van der Waals surface area contributed by atoms with Crippen molar-refractivity contribution < 1.29 is 14.6 Å². The van der Waals surface area contributed by atoms with Gasteiger partial charge in [0.25, 0.3) is 0 Å². The Kier molecular flexibility index (Phi) is 10.0. The molecule has 2 aliphatic heterocycles. The monoisotopic (exact) mass is 626 g/mol. The van der Waals surface area contributed by atoms with Gasteiger partial charge in [-0.1, -0.05) is 144 Å². The molecule has 1 N–H and O–H groups in total. The van der Waals surface area contributed by atoms with E-state index in [4.69, 9.17) is 4.74 Å². The summed E-state index contributed by atoms with van der Waals surface area (Å²) in [6.45, 7) is 15.7. The quantitative estimate of drug-likeness (QED) is 0.331. The maximum absolute atomic E-state index is 14.0. The van der Waals surface area contributed by atoms with Crippen LogP contribution in [0.2, 0.25) is 0 Å². The van der Waals surface area contributed by atoms with Gasteiger partial charge in [0.15, 0.2) is 5.78 Å². The van der Waals surface area contributed by atoms with Gasteiger partial charge in [0.2, 0.25) is 0 Å². The number of carbonyl (C=O) groups excluding carboxylic acids is 1. The van der Waals surface area contributed by atoms with Crippen LogP contribution in [0.1, 0.15) is 66.0 Å². The number of rotatable bonds is 7. The first kappa shape index (κ1) is 32.8. The Morgan fingerprint density at radius 1 is 0.795 bits per heavy atom. The third kappa shape index (κ3) is 7.45. The van der Waals surface area contributed by atoms with Gasteiger partial charge in [-0.2, -0.15) is 0 Å². The molecule has 232 valence electrons. The molecule has 3 aliphatic rings. The van der Waals surface area contributed by atoms with Crippen LogP contribution >= 0.6 is 23.5 Å². The van der Waals surface area contributed by atoms with E-state index in [2.05, 4.69) is 120 Å². The molecule has 5 rings (SSSR count). The molecule has 44 heavy (non-hydrogen) atoms. The first-order chi connectivity index (χ1) is 20.8. The van der Waals surface area contributed by atoms with Crippen molar-refractivity contribution in [2.45, 2.75) is 67.1 Å². The molecule has 2 aromatic rings. The predicted octanol–water partition coefficient (Wildman–Crippen LogP) is 9.94. The van der Waals surface area contributed by atoms with E-state index < -0.39 is 24.0 Å². The highest BCUT2D eigenvalue weighted by Gasteiger charge is 2.49. The molecule has 0 saturated heterocycles. The zero-order valence-corrected chi connectivity index (χ0v) is 28.7. The highest BCUT2D eigenvalue weighted by molar-refractivity contribution is 8.12. The molecular weight excluding hydrogens is 581 g/mol. The Morgan fingerprint density at radius 2 is 1.36 bits per heavy atom. The maximum atomic E-state index is 14.0. The summed E-state index contributed by atoms with van der Waals surface area (Å²) in [5, 5.41) is 11.9. The van der Waals surface area contributed by atoms with Gasteiger partial charge >= 0.3 is 0 Å². The lowest BCUT2D eigenvalue weighted by atomic mass is 9.86. The summed E-state index contributed by atoms with van der Waals surface area (Å²) in [5.74, 6) is -0.870. The molecule has 3 nitrogen and oxygen atoms in total. The van der Waals surface area contributed by atoms with Crippen molar-refractivity contribution in [3.8, 4) is 0 Å². The highest BCUT2D eigenvalue weighted by atomic mass is 32.2. The van der Waals surface area contributed by atoms with E-state index in [-0.39, 0.29) is 22.5 Å². The van der Waals surface area contributed by atoms with Gasteiger partial charge in [0.1, 0.15) is 6.10 Å². The van der Waals surface area contributed by atoms with Crippen LogP contribution in [0.5, 0.6) is 0 Å². The first-order valence-electron chi connectivity index (χ1n) is 15.7. The van der Waals surface area contributed by atoms with Gasteiger partial charge in [-0.3, -0.25) is 4.79 Å². The summed E-state index contributed by atoms with van der Waals surface area (Å²) in [6, 6.07) is 20.9. The van der Waals surface area contributed by atoms with Gasteiger partial charge in [-0.05, 0) is 68.8 Å². The van der Waals surface area contributed by atoms with Crippen molar-refractivity contribution in [1.82, 2.24) is 0 Å². The van der Waals surface area contributed by atoms with Crippen molar-refractivity contribution in [2.75, 3.05) is 6.61 Å². The van der Waals surface area contributed by atoms with Crippen LogP contribution in [0.15, 0.2) is 106 Å². The highest BCUT2D eigenvalue weighted by Crippen LogP contribution is 2.50. The van der Waals surface area contributed by atoms with Crippen LogP contribution in [0.4, 0.5) is 0 Å². The van der Waals surface area contributed by atoms with Crippen molar-refractivity contribution >= 4 is 39.1 Å². The molecule has 1 fully saturated rings. The Hall–Kier alpha value is -2.57. The zero-order valence-electron chi connectivity index (χ0n) is 27.0. The van der Waals surface area contributed by atoms with Crippen LogP contribution < -0.4 is 0 Å². The molecule has 5 atom stereocenters. The second kappa shape index (κ2) is 13.4. The van der Waals surface area contributed by atoms with E-state index in [1.165, 1.54) is 25.2 Å². The topological polar surface area (TPSA) is 46.5 Å². The van der Waals surface area contributed by atoms with Crippen molar-refractivity contribution in [2.24, 2.45) is 28.6 Å². The summed E-state index contributed by atoms with van der Waals surface area (Å²) < 4.78 is 6.09. The summed E-state index contributed by atoms with van der Waals surface area (Å²) in [4.78, 5) is 18.9. The van der Waals surface area contributed by atoms with Crippen molar-refractivity contribution in [3.05, 3.63) is 118 Å². The van der Waals surface area contributed by atoms with Crippen LogP contribution in [0.3, 0.4) is 0 Å². The average Bonchev–Trinajstić information content (AvgIpc) is 3.20. The normalized spacial score (nSPS) is 27.1. The number of benzene rings is 2. The second-order valence-electron chi connectivity index (χ2n) is 14.0. The number of hydrogen-bond acceptors (Lipinski definition) is 5. The van der Waals surface area contributed by atoms with E-state index >= 15 is 0 Å². The number of aliphatic hydroxyl groups is 1. The molecule has 0 amide bonds. The molecule has 0 aromatic heterocycles. The minimum absolute atomic E-state index is 0.0114. The van der Waals surface area contributed by atoms with Crippen molar-refractivity contribution in [3.63, 3.8) is 0 Å². The molecule has 1 saturated carbocycles. The molecule has 5 heteroatoms. The van der Waals surface area contributed by atoms with E-state index in [9.17, 15) is 9.90 Å². The first-order valence-corrected chi connectivity index (χ1v) is 17.4. The number of hydrogen-bond donors (Lipinski definition) is 1. The molecule has 0 bridgehead atoms. The predicted molar refractivity (Wildman–Crippen MR) is 189 cm³/mol. The lowest BCUT2D eigenvalue weighted by Gasteiger charge is -2.30. The fraction of sp³-hybridized carbons (Fsp3) is 0.410. The number of ether oxygens (including phenoxy) is 1. The molecular formula is C39H46O3S2. The Balaban J connectivity index is 1.49. The summed E-state index contributed by atoms with van der Waals surface area (Å²) in [6.07, 6.45) is 10.2. The molecule has 1 aliphatic carbocycles. The van der Waals surface area contributed by atoms with Gasteiger partial charge in [0, 0.05) is 28.3 Å². The zero-order chi connectivity index (χ0) is 31.6. The van der Waals surface area contributed by atoms with Gasteiger partial charge in [-0.15, -0.1) is 0 Å². The summed E-state index contributed by atoms with van der Waals surface area (Å²) in [5.41, 5.74) is 3.31. The third-order valence-electron chi connectivity index (χ3n) is 8.42. The molecule has 0 spiro atoms. The fourth-order valence-corrected chi connectivity index (χ4v) is 8.47. The molecule has 2 heterocycles. The number of allylic oxidation sites excluding steroid dienone is 7. The average molecular weight is 627 g/mol. The smallest absolute Gasteiger partial charge is 0.167 e. The van der Waals surface area contributed by atoms with Crippen molar-refractivity contribution in [1.29, 1.82) is 0 Å². The fourth-order valence-electron chi connectivity index (χ4n) is 6.00. The minimum atomic E-state index is -0.823. The SMILES string of the molecule is CCOC1C(=O)C(CC2C=C(c3ccccc3)SC(C(C)(C)C)=C2)C(O)C1C=C1C=C(c2ccccc2)SC(C(C)(C)C)=C1. The second-order valence-corrected chi connectivity index (χ2v) is 16.2. The van der Waals surface area contributed by atoms with Gasteiger partial charge < -0.3 is 9.84 Å². The van der Waals surface area contributed by atoms with Crippen LogP contribution in [-0.2, 0) is 9.53 Å². The van der Waals surface area contributed by atoms with E-state index in [1.807, 2.05) is 30.8 Å². The third-order valence-corrected chi connectivity index (χ3v) is 11.5. The Morgan fingerprint density at radius 3 is 1.93 bits per heavy atom. The number of Topliss-reactive ketones (excluding diaryl/α,β-unsaturated/α-hetero) is 1. The van der Waals surface area contributed by atoms with Gasteiger partial charge in [-0.25, -0.2) is 0 Å². The lowest BCUT2D eigenvalue weighted by molar-refractivity contribution is -0.131. The number of carbonyl (C=O) groups is 1. The van der Waals surface area contributed by atoms with Crippen LogP contribution in [0.25, 0.3) is 9.81 Å². The van der Waals surface area contributed by atoms with E-state index in [0.717, 1.165) is 11.1 Å². The molecule has 0 radical (unpaired) electrons. The summed E-state index contributed by atoms with van der Waals surface area (Å²) >= 11 is 3.61. The number of aliphatic hydroxyl groups excluding tert-OH is 1. The van der Waals surface area contributed by atoms with E-state index in [1.54, 1.807) is 11.8 Å². The largest absolute Gasteiger partial charge is 0.392 e. The minimum Gasteiger partial charge on any atom is -0.392 e. The Bertz CT molecular complexity index is 1500. The number of thioether (sulfide) groups is 2. The molecule has 2 aromatic carbocycles.